The highest BCUT2D eigenvalue weighted by Crippen LogP contribution is 2.27. The number of hydrogen-bond acceptors (Lipinski definition) is 4. The van der Waals surface area contributed by atoms with Crippen LogP contribution in [0, 0.1) is 0 Å². The molecule has 7 nitrogen and oxygen atoms in total. The van der Waals surface area contributed by atoms with Crippen LogP contribution in [0.3, 0.4) is 0 Å². The number of furan rings is 1. The first-order valence-electron chi connectivity index (χ1n) is 9.24. The van der Waals surface area contributed by atoms with E-state index in [0.29, 0.717) is 17.1 Å². The van der Waals surface area contributed by atoms with Gasteiger partial charge >= 0.3 is 0 Å². The van der Waals surface area contributed by atoms with Gasteiger partial charge in [-0.3, -0.25) is 9.59 Å². The molecule has 0 radical (unpaired) electrons. The molecular formula is C22H24N3O4+. The van der Waals surface area contributed by atoms with Crippen molar-refractivity contribution in [1.82, 2.24) is 0 Å². The zero-order valence-corrected chi connectivity index (χ0v) is 16.3. The van der Waals surface area contributed by atoms with Gasteiger partial charge in [0.1, 0.15) is 5.75 Å². The van der Waals surface area contributed by atoms with Crippen molar-refractivity contribution in [3.63, 3.8) is 0 Å². The van der Waals surface area contributed by atoms with Gasteiger partial charge in [-0.25, -0.2) is 0 Å². The molecule has 3 rings (SSSR count). The monoisotopic (exact) mass is 394 g/mol. The highest BCUT2D eigenvalue weighted by molar-refractivity contribution is 5.95. The summed E-state index contributed by atoms with van der Waals surface area (Å²) in [5.41, 5.74) is 2.11. The van der Waals surface area contributed by atoms with Crippen molar-refractivity contribution in [2.75, 3.05) is 24.3 Å². The van der Waals surface area contributed by atoms with Crippen molar-refractivity contribution in [2.45, 2.75) is 13.0 Å². The second-order valence-corrected chi connectivity index (χ2v) is 6.49. The first kappa shape index (κ1) is 20.2. The number of amides is 2. The van der Waals surface area contributed by atoms with Crippen molar-refractivity contribution in [3.8, 4) is 5.75 Å². The van der Waals surface area contributed by atoms with Crippen LogP contribution >= 0.6 is 0 Å². The molecule has 7 heteroatoms. The second kappa shape index (κ2) is 9.57. The Labute approximate surface area is 169 Å². The van der Waals surface area contributed by atoms with Gasteiger partial charge in [0.15, 0.2) is 18.3 Å². The number of methoxy groups -OCH3 is 1. The molecule has 150 valence electrons. The van der Waals surface area contributed by atoms with Crippen LogP contribution in [0.15, 0.2) is 71.3 Å². The number of carbonyl (C=O) groups excluding carboxylic acids is 2. The number of nitrogens with two attached hydrogens (primary N) is 1. The van der Waals surface area contributed by atoms with Crippen LogP contribution in [0.2, 0.25) is 0 Å². The maximum absolute atomic E-state index is 12.6. The Morgan fingerprint density at radius 3 is 2.52 bits per heavy atom. The quantitative estimate of drug-likeness (QED) is 0.547. The Hall–Kier alpha value is -3.58. The minimum Gasteiger partial charge on any atom is -0.495 e. The number of hydrogen-bond donors (Lipinski definition) is 3. The lowest BCUT2D eigenvalue weighted by Crippen LogP contribution is -2.87. The van der Waals surface area contributed by atoms with Gasteiger partial charge in [-0.2, -0.15) is 0 Å². The molecule has 3 aromatic rings. The van der Waals surface area contributed by atoms with Crippen LogP contribution < -0.4 is 20.7 Å². The molecule has 0 fully saturated rings. The van der Waals surface area contributed by atoms with Crippen molar-refractivity contribution >= 4 is 23.2 Å². The zero-order valence-electron chi connectivity index (χ0n) is 16.3. The van der Waals surface area contributed by atoms with Crippen molar-refractivity contribution in [3.05, 3.63) is 78.3 Å². The largest absolute Gasteiger partial charge is 0.495 e. The van der Waals surface area contributed by atoms with Crippen LogP contribution in [-0.4, -0.2) is 25.5 Å². The smallest absolute Gasteiger partial charge is 0.279 e. The van der Waals surface area contributed by atoms with Gasteiger partial charge in [0.25, 0.3) is 5.91 Å². The molecule has 4 N–H and O–H groups in total. The summed E-state index contributed by atoms with van der Waals surface area (Å²) in [6.07, 6.45) is 1.62. The molecule has 0 unspecified atom stereocenters. The predicted molar refractivity (Wildman–Crippen MR) is 110 cm³/mol. The fourth-order valence-electron chi connectivity index (χ4n) is 3.06. The van der Waals surface area contributed by atoms with Crippen molar-refractivity contribution in [1.29, 1.82) is 0 Å². The predicted octanol–water partition coefficient (Wildman–Crippen LogP) is 2.54. The molecule has 0 saturated heterocycles. The Kier molecular flexibility index (Phi) is 6.65. The topological polar surface area (TPSA) is 97.2 Å². The molecule has 1 atom stereocenters. The SMILES string of the molecule is COc1ccc(NC(C)=O)cc1NC(=O)C[NH2+][C@@H](c1ccccc1)c1ccco1. The van der Waals surface area contributed by atoms with E-state index in [1.807, 2.05) is 47.8 Å². The maximum atomic E-state index is 12.6. The number of ether oxygens (including phenoxy) is 1. The van der Waals surface area contributed by atoms with E-state index in [4.69, 9.17) is 9.15 Å². The van der Waals surface area contributed by atoms with Gasteiger partial charge < -0.3 is 25.1 Å². The number of quaternary nitrogens is 1. The highest BCUT2D eigenvalue weighted by Gasteiger charge is 2.21. The molecule has 0 aliphatic carbocycles. The molecule has 29 heavy (non-hydrogen) atoms. The van der Waals surface area contributed by atoms with E-state index < -0.39 is 0 Å². The van der Waals surface area contributed by atoms with E-state index in [-0.39, 0.29) is 24.4 Å². The van der Waals surface area contributed by atoms with Gasteiger partial charge in [-0.05, 0) is 30.3 Å². The van der Waals surface area contributed by atoms with E-state index >= 15 is 0 Å². The maximum Gasteiger partial charge on any atom is 0.279 e. The van der Waals surface area contributed by atoms with Crippen molar-refractivity contribution < 1.29 is 24.1 Å². The molecule has 0 bridgehead atoms. The van der Waals surface area contributed by atoms with Crippen LogP contribution in [0.1, 0.15) is 24.3 Å². The molecule has 1 aromatic heterocycles. The Morgan fingerprint density at radius 2 is 1.86 bits per heavy atom. The van der Waals surface area contributed by atoms with Crippen LogP contribution in [-0.2, 0) is 9.59 Å². The molecule has 0 aliphatic rings. The first-order valence-corrected chi connectivity index (χ1v) is 9.24. The van der Waals surface area contributed by atoms with Crippen LogP contribution in [0.25, 0.3) is 0 Å². The van der Waals surface area contributed by atoms with Crippen LogP contribution in [0.4, 0.5) is 11.4 Å². The highest BCUT2D eigenvalue weighted by atomic mass is 16.5. The Bertz CT molecular complexity index is 955. The van der Waals surface area contributed by atoms with Crippen molar-refractivity contribution in [2.24, 2.45) is 0 Å². The van der Waals surface area contributed by atoms with E-state index in [1.54, 1.807) is 24.5 Å². The summed E-state index contributed by atoms with van der Waals surface area (Å²) in [7, 11) is 1.53. The van der Waals surface area contributed by atoms with Gasteiger partial charge in [0.05, 0.1) is 19.1 Å². The Balaban J connectivity index is 1.70. The molecule has 2 amide bonds. The molecular weight excluding hydrogens is 370 g/mol. The molecule has 0 saturated carbocycles. The fraction of sp³-hybridized carbons (Fsp3) is 0.182. The molecule has 1 heterocycles. The second-order valence-electron chi connectivity index (χ2n) is 6.49. The lowest BCUT2D eigenvalue weighted by Gasteiger charge is -2.15. The van der Waals surface area contributed by atoms with E-state index in [0.717, 1.165) is 11.3 Å². The third-order valence-electron chi connectivity index (χ3n) is 4.34. The average Bonchev–Trinajstić information content (AvgIpc) is 3.23. The number of rotatable bonds is 8. The van der Waals surface area contributed by atoms with E-state index in [2.05, 4.69) is 10.6 Å². The third-order valence-corrected chi connectivity index (χ3v) is 4.34. The number of benzene rings is 2. The third kappa shape index (κ3) is 5.46. The summed E-state index contributed by atoms with van der Waals surface area (Å²) in [5, 5.41) is 7.45. The Morgan fingerprint density at radius 1 is 1.07 bits per heavy atom. The van der Waals surface area contributed by atoms with Gasteiger partial charge in [-0.15, -0.1) is 0 Å². The summed E-state index contributed by atoms with van der Waals surface area (Å²) >= 11 is 0. The molecule has 2 aromatic carbocycles. The zero-order chi connectivity index (χ0) is 20.6. The number of carbonyl (C=O) groups is 2. The molecule has 0 aliphatic heterocycles. The van der Waals surface area contributed by atoms with Crippen LogP contribution in [0.5, 0.6) is 5.75 Å². The fourth-order valence-corrected chi connectivity index (χ4v) is 3.06. The lowest BCUT2D eigenvalue weighted by atomic mass is 10.0. The van der Waals surface area contributed by atoms with Gasteiger partial charge in [0, 0.05) is 18.2 Å². The standard InChI is InChI=1S/C22H23N3O4/c1-15(26)24-17-10-11-19(28-2)18(13-17)25-21(27)14-23-22(20-9-6-12-29-20)16-7-4-3-5-8-16/h3-13,22-23H,14H2,1-2H3,(H,24,26)(H,25,27)/p+1/t22-/m0/s1. The molecule has 0 spiro atoms. The first-order chi connectivity index (χ1) is 14.1. The van der Waals surface area contributed by atoms with E-state index in [9.17, 15) is 9.59 Å². The summed E-state index contributed by atoms with van der Waals surface area (Å²) in [6, 6.07) is 18.5. The summed E-state index contributed by atoms with van der Waals surface area (Å²) in [4.78, 5) is 23.9. The van der Waals surface area contributed by atoms with E-state index in [1.165, 1.54) is 14.0 Å². The van der Waals surface area contributed by atoms with Gasteiger partial charge in [0.2, 0.25) is 5.91 Å². The van der Waals surface area contributed by atoms with Gasteiger partial charge in [-0.1, -0.05) is 30.3 Å². The summed E-state index contributed by atoms with van der Waals surface area (Å²) < 4.78 is 10.9. The number of nitrogens with one attached hydrogen (secondary N) is 2. The number of anilines is 2. The average molecular weight is 394 g/mol. The summed E-state index contributed by atoms with van der Waals surface area (Å²) in [6.45, 7) is 1.60. The minimum atomic E-state index is -0.198. The normalized spacial score (nSPS) is 11.5. The lowest BCUT2D eigenvalue weighted by molar-refractivity contribution is -0.678. The minimum absolute atomic E-state index is 0.135. The summed E-state index contributed by atoms with van der Waals surface area (Å²) in [5.74, 6) is 0.896.